The average Bonchev–Trinajstić information content (AvgIpc) is 3.53. The van der Waals surface area contributed by atoms with Crippen molar-refractivity contribution in [1.29, 1.82) is 0 Å². The van der Waals surface area contributed by atoms with Crippen molar-refractivity contribution in [2.75, 3.05) is 38.6 Å². The highest BCUT2D eigenvalue weighted by molar-refractivity contribution is 5.95. The number of nitrogens with one attached hydrogen (secondary N) is 1. The molecular formula is C27H33N5O3. The van der Waals surface area contributed by atoms with Crippen molar-refractivity contribution in [3.63, 3.8) is 0 Å². The number of nitrogens with zero attached hydrogens (tertiary/aromatic N) is 3. The zero-order chi connectivity index (χ0) is 24.4. The van der Waals surface area contributed by atoms with Crippen LogP contribution in [0.25, 0.3) is 22.0 Å². The summed E-state index contributed by atoms with van der Waals surface area (Å²) in [6.45, 7) is 8.47. The van der Waals surface area contributed by atoms with Gasteiger partial charge in [0, 0.05) is 24.1 Å². The fraction of sp³-hybridized carbons (Fsp3) is 0.444. The molecule has 8 heteroatoms. The maximum absolute atomic E-state index is 12.9. The Morgan fingerprint density at radius 3 is 2.60 bits per heavy atom. The van der Waals surface area contributed by atoms with Crippen molar-refractivity contribution in [3.05, 3.63) is 48.0 Å². The number of ether oxygens (including phenoxy) is 2. The Morgan fingerprint density at radius 1 is 1.14 bits per heavy atom. The highest BCUT2D eigenvalue weighted by Crippen LogP contribution is 2.30. The normalized spacial score (nSPS) is 18.7. The Labute approximate surface area is 205 Å². The molecule has 1 amide bonds. The zero-order valence-electron chi connectivity index (χ0n) is 20.4. The van der Waals surface area contributed by atoms with Gasteiger partial charge >= 0.3 is 0 Å². The summed E-state index contributed by atoms with van der Waals surface area (Å²) in [5, 5.41) is 3.99. The molecule has 184 valence electrons. The number of aromatic nitrogens is 2. The van der Waals surface area contributed by atoms with Crippen LogP contribution in [0, 0.1) is 0 Å². The van der Waals surface area contributed by atoms with Crippen LogP contribution in [0.4, 0.5) is 5.95 Å². The van der Waals surface area contributed by atoms with E-state index in [-0.39, 0.29) is 23.5 Å². The van der Waals surface area contributed by atoms with Gasteiger partial charge in [-0.15, -0.1) is 0 Å². The first-order valence-electron chi connectivity index (χ1n) is 12.3. The number of rotatable bonds is 7. The standard InChI is InChI=1S/C27H33N5O3/c1-27(2,17-32-12-3-4-13-32)31-24(33)19-7-5-18(6-8-19)20-9-10-23-22(15-20)25(30-26(28)29-23)35-21-11-14-34-16-21/h5-10,15,21H,3-4,11-14,16-17H2,1-2H3,(H,31,33)(H2,28,29,30). The van der Waals surface area contributed by atoms with Gasteiger partial charge in [-0.05, 0) is 75.2 Å². The summed E-state index contributed by atoms with van der Waals surface area (Å²) in [4.78, 5) is 24.0. The number of anilines is 1. The van der Waals surface area contributed by atoms with Crippen molar-refractivity contribution >= 4 is 22.8 Å². The molecule has 2 aromatic carbocycles. The van der Waals surface area contributed by atoms with Gasteiger partial charge in [-0.2, -0.15) is 4.98 Å². The molecule has 3 heterocycles. The fourth-order valence-electron chi connectivity index (χ4n) is 4.88. The number of carbonyl (C=O) groups is 1. The summed E-state index contributed by atoms with van der Waals surface area (Å²) in [5.41, 5.74) is 8.97. The van der Waals surface area contributed by atoms with E-state index in [4.69, 9.17) is 15.2 Å². The van der Waals surface area contributed by atoms with Gasteiger partial charge in [0.1, 0.15) is 6.10 Å². The maximum atomic E-state index is 12.9. The quantitative estimate of drug-likeness (QED) is 0.538. The predicted molar refractivity (Wildman–Crippen MR) is 136 cm³/mol. The van der Waals surface area contributed by atoms with Crippen molar-refractivity contribution in [2.45, 2.75) is 44.8 Å². The number of nitrogens with two attached hydrogens (primary N) is 1. The summed E-state index contributed by atoms with van der Waals surface area (Å²) in [6.07, 6.45) is 3.26. The van der Waals surface area contributed by atoms with Gasteiger partial charge in [0.25, 0.3) is 5.91 Å². The molecule has 1 atom stereocenters. The fourth-order valence-corrected chi connectivity index (χ4v) is 4.88. The Kier molecular flexibility index (Phi) is 6.58. The molecule has 2 aliphatic rings. The van der Waals surface area contributed by atoms with Crippen LogP contribution in [0.2, 0.25) is 0 Å². The molecule has 8 nitrogen and oxygen atoms in total. The molecule has 0 radical (unpaired) electrons. The molecule has 3 N–H and O–H groups in total. The van der Waals surface area contributed by atoms with Gasteiger partial charge in [0.05, 0.1) is 24.1 Å². The average molecular weight is 476 g/mol. The minimum Gasteiger partial charge on any atom is -0.471 e. The van der Waals surface area contributed by atoms with E-state index in [1.165, 1.54) is 12.8 Å². The van der Waals surface area contributed by atoms with E-state index < -0.39 is 0 Å². The second-order valence-electron chi connectivity index (χ2n) is 10.1. The Hall–Kier alpha value is -3.23. The third-order valence-corrected chi connectivity index (χ3v) is 6.59. The number of fused-ring (bicyclic) bond motifs is 1. The summed E-state index contributed by atoms with van der Waals surface area (Å²) in [5.74, 6) is 0.598. The first-order chi connectivity index (χ1) is 16.9. The van der Waals surface area contributed by atoms with E-state index in [1.807, 2.05) is 42.5 Å². The molecule has 2 saturated heterocycles. The molecule has 0 aliphatic carbocycles. The van der Waals surface area contributed by atoms with Gasteiger partial charge < -0.3 is 25.4 Å². The smallest absolute Gasteiger partial charge is 0.251 e. The third-order valence-electron chi connectivity index (χ3n) is 6.59. The highest BCUT2D eigenvalue weighted by atomic mass is 16.5. The first kappa shape index (κ1) is 23.5. The number of likely N-dealkylation sites (tertiary alicyclic amines) is 1. The Bertz CT molecular complexity index is 1200. The summed E-state index contributed by atoms with van der Waals surface area (Å²) in [6, 6.07) is 13.6. The Balaban J connectivity index is 1.33. The second kappa shape index (κ2) is 9.79. The minimum atomic E-state index is -0.291. The lowest BCUT2D eigenvalue weighted by Crippen LogP contribution is -2.50. The molecule has 1 unspecified atom stereocenters. The molecule has 5 rings (SSSR count). The molecule has 2 aliphatic heterocycles. The van der Waals surface area contributed by atoms with Crippen molar-refractivity contribution in [3.8, 4) is 17.0 Å². The van der Waals surface area contributed by atoms with Crippen LogP contribution >= 0.6 is 0 Å². The molecule has 2 fully saturated rings. The van der Waals surface area contributed by atoms with E-state index >= 15 is 0 Å². The van der Waals surface area contributed by atoms with Crippen molar-refractivity contribution in [1.82, 2.24) is 20.2 Å². The number of carbonyl (C=O) groups excluding carboxylic acids is 1. The van der Waals surface area contributed by atoms with Crippen LogP contribution in [-0.2, 0) is 4.74 Å². The van der Waals surface area contributed by atoms with E-state index in [9.17, 15) is 4.79 Å². The number of hydrogen-bond acceptors (Lipinski definition) is 7. The minimum absolute atomic E-state index is 0.0383. The van der Waals surface area contributed by atoms with Crippen LogP contribution in [0.1, 0.15) is 43.5 Å². The van der Waals surface area contributed by atoms with Crippen LogP contribution in [0.3, 0.4) is 0 Å². The van der Waals surface area contributed by atoms with Gasteiger partial charge in [-0.25, -0.2) is 4.98 Å². The third kappa shape index (κ3) is 5.55. The van der Waals surface area contributed by atoms with E-state index in [1.54, 1.807) is 0 Å². The van der Waals surface area contributed by atoms with Crippen LogP contribution in [-0.4, -0.2) is 65.3 Å². The van der Waals surface area contributed by atoms with Crippen LogP contribution < -0.4 is 15.8 Å². The van der Waals surface area contributed by atoms with Gasteiger partial charge in [-0.3, -0.25) is 4.79 Å². The lowest BCUT2D eigenvalue weighted by molar-refractivity contribution is 0.0894. The zero-order valence-corrected chi connectivity index (χ0v) is 20.4. The number of amides is 1. The SMILES string of the molecule is CC(C)(CN1CCCC1)NC(=O)c1ccc(-c2ccc3nc(N)nc(OC4CCOC4)c3c2)cc1. The van der Waals surface area contributed by atoms with Crippen LogP contribution in [0.5, 0.6) is 5.88 Å². The van der Waals surface area contributed by atoms with Crippen molar-refractivity contribution in [2.24, 2.45) is 0 Å². The Morgan fingerprint density at radius 2 is 1.89 bits per heavy atom. The molecule has 0 bridgehead atoms. The summed E-state index contributed by atoms with van der Waals surface area (Å²) in [7, 11) is 0. The van der Waals surface area contributed by atoms with E-state index in [0.717, 1.165) is 48.1 Å². The monoisotopic (exact) mass is 475 g/mol. The first-order valence-corrected chi connectivity index (χ1v) is 12.3. The van der Waals surface area contributed by atoms with Crippen molar-refractivity contribution < 1.29 is 14.3 Å². The molecule has 3 aromatic rings. The molecule has 0 saturated carbocycles. The van der Waals surface area contributed by atoms with Gasteiger partial charge in [0.2, 0.25) is 11.8 Å². The molecule has 0 spiro atoms. The molecular weight excluding hydrogens is 442 g/mol. The lowest BCUT2D eigenvalue weighted by Gasteiger charge is -2.31. The highest BCUT2D eigenvalue weighted by Gasteiger charge is 2.26. The molecule has 35 heavy (non-hydrogen) atoms. The predicted octanol–water partition coefficient (Wildman–Crippen LogP) is 3.65. The summed E-state index contributed by atoms with van der Waals surface area (Å²) >= 11 is 0. The summed E-state index contributed by atoms with van der Waals surface area (Å²) < 4.78 is 11.5. The second-order valence-corrected chi connectivity index (χ2v) is 10.1. The largest absolute Gasteiger partial charge is 0.471 e. The van der Waals surface area contributed by atoms with Crippen LogP contribution in [0.15, 0.2) is 42.5 Å². The maximum Gasteiger partial charge on any atom is 0.251 e. The topological polar surface area (TPSA) is 103 Å². The van der Waals surface area contributed by atoms with Gasteiger partial charge in [0.15, 0.2) is 0 Å². The van der Waals surface area contributed by atoms with Gasteiger partial charge in [-0.1, -0.05) is 18.2 Å². The molecule has 1 aromatic heterocycles. The van der Waals surface area contributed by atoms with E-state index in [2.05, 4.69) is 34.0 Å². The lowest BCUT2D eigenvalue weighted by atomic mass is 10.0. The number of benzene rings is 2. The number of hydrogen-bond donors (Lipinski definition) is 2. The number of nitrogen functional groups attached to an aromatic ring is 1. The van der Waals surface area contributed by atoms with E-state index in [0.29, 0.717) is 24.7 Å².